The first kappa shape index (κ1) is 14.0. The highest BCUT2D eigenvalue weighted by Gasteiger charge is 2.29. The molecule has 5 heteroatoms. The molecule has 0 aromatic carbocycles. The lowest BCUT2D eigenvalue weighted by atomic mass is 9.97. The summed E-state index contributed by atoms with van der Waals surface area (Å²) in [6.45, 7) is 4.21. The molecule has 1 aliphatic heterocycles. The van der Waals surface area contributed by atoms with Crippen molar-refractivity contribution in [1.82, 2.24) is 14.3 Å². The first-order valence-corrected chi connectivity index (χ1v) is 7.49. The minimum absolute atomic E-state index is 0.110. The number of halogens is 1. The number of hydrogen-bond donors (Lipinski definition) is 0. The Morgan fingerprint density at radius 2 is 2.00 bits per heavy atom. The lowest BCUT2D eigenvalue weighted by molar-refractivity contribution is -0.136. The maximum atomic E-state index is 13.2. The number of likely N-dealkylation sites (tertiary alicyclic amines) is 1. The number of piperidine rings is 1. The topological polar surface area (TPSA) is 37.6 Å². The molecule has 112 valence electrons. The van der Waals surface area contributed by atoms with Crippen LogP contribution in [0.3, 0.4) is 0 Å². The summed E-state index contributed by atoms with van der Waals surface area (Å²) in [5.74, 6) is -0.199. The molecule has 0 N–H and O–H groups in total. The van der Waals surface area contributed by atoms with E-state index in [0.717, 1.165) is 12.8 Å². The molecule has 4 nitrogen and oxygen atoms in total. The molecule has 2 aromatic heterocycles. The molecule has 0 spiro atoms. The van der Waals surface area contributed by atoms with Crippen LogP contribution in [0, 0.1) is 5.82 Å². The maximum Gasteiger partial charge on any atom is 0.229 e. The second kappa shape index (κ2) is 5.47. The van der Waals surface area contributed by atoms with E-state index in [1.807, 2.05) is 4.90 Å². The second-order valence-electron chi connectivity index (χ2n) is 5.95. The molecular weight excluding hydrogens is 269 g/mol. The Labute approximate surface area is 123 Å². The van der Waals surface area contributed by atoms with E-state index in [2.05, 4.69) is 18.8 Å². The summed E-state index contributed by atoms with van der Waals surface area (Å²) in [6.07, 6.45) is 6.69. The van der Waals surface area contributed by atoms with E-state index in [1.165, 1.54) is 18.7 Å². The van der Waals surface area contributed by atoms with Crippen LogP contribution >= 0.6 is 0 Å². The summed E-state index contributed by atoms with van der Waals surface area (Å²) in [6, 6.07) is 3.57. The van der Waals surface area contributed by atoms with Gasteiger partial charge in [0.25, 0.3) is 0 Å². The van der Waals surface area contributed by atoms with Gasteiger partial charge in [0.15, 0.2) is 0 Å². The molecule has 1 amide bonds. The highest BCUT2D eigenvalue weighted by atomic mass is 19.1. The highest BCUT2D eigenvalue weighted by molar-refractivity contribution is 5.79. The van der Waals surface area contributed by atoms with Crippen LogP contribution in [0.4, 0.5) is 4.39 Å². The molecule has 1 saturated heterocycles. The van der Waals surface area contributed by atoms with Crippen molar-refractivity contribution < 1.29 is 9.18 Å². The second-order valence-corrected chi connectivity index (χ2v) is 5.95. The van der Waals surface area contributed by atoms with Crippen LogP contribution in [0.25, 0.3) is 5.65 Å². The zero-order valence-electron chi connectivity index (χ0n) is 12.4. The van der Waals surface area contributed by atoms with E-state index < -0.39 is 0 Å². The molecule has 1 aliphatic rings. The molecule has 0 aliphatic carbocycles. The van der Waals surface area contributed by atoms with Gasteiger partial charge in [-0.25, -0.2) is 9.37 Å². The fourth-order valence-corrected chi connectivity index (χ4v) is 3.26. The maximum absolute atomic E-state index is 13.2. The minimum atomic E-state index is -0.309. The summed E-state index contributed by atoms with van der Waals surface area (Å²) in [5.41, 5.74) is 1.36. The van der Waals surface area contributed by atoms with Crippen LogP contribution in [-0.2, 0) is 11.2 Å². The van der Waals surface area contributed by atoms with Gasteiger partial charge >= 0.3 is 0 Å². The van der Waals surface area contributed by atoms with Crippen molar-refractivity contribution in [2.75, 3.05) is 0 Å². The SMILES string of the molecule is CC1CCCC(C)N1C(=O)Cc1cn2cc(F)ccc2n1. The first-order valence-electron chi connectivity index (χ1n) is 7.49. The number of rotatable bonds is 2. The molecule has 2 atom stereocenters. The zero-order valence-corrected chi connectivity index (χ0v) is 12.4. The lowest BCUT2D eigenvalue weighted by Crippen LogP contribution is -2.48. The Bertz CT molecular complexity index is 657. The predicted octanol–water partition coefficient (Wildman–Crippen LogP) is 2.81. The van der Waals surface area contributed by atoms with Crippen molar-refractivity contribution in [1.29, 1.82) is 0 Å². The van der Waals surface area contributed by atoms with E-state index >= 15 is 0 Å². The van der Waals surface area contributed by atoms with E-state index in [-0.39, 0.29) is 30.2 Å². The van der Waals surface area contributed by atoms with Crippen molar-refractivity contribution in [2.45, 2.75) is 51.6 Å². The van der Waals surface area contributed by atoms with Gasteiger partial charge < -0.3 is 9.30 Å². The van der Waals surface area contributed by atoms with Gasteiger partial charge in [0.05, 0.1) is 12.1 Å². The summed E-state index contributed by atoms with van der Waals surface area (Å²) >= 11 is 0. The lowest BCUT2D eigenvalue weighted by Gasteiger charge is -2.39. The number of hydrogen-bond acceptors (Lipinski definition) is 2. The van der Waals surface area contributed by atoms with Crippen molar-refractivity contribution in [3.05, 3.63) is 36.0 Å². The van der Waals surface area contributed by atoms with Crippen LogP contribution in [0.5, 0.6) is 0 Å². The van der Waals surface area contributed by atoms with Crippen molar-refractivity contribution in [3.8, 4) is 0 Å². The van der Waals surface area contributed by atoms with Crippen molar-refractivity contribution >= 4 is 11.6 Å². The van der Waals surface area contributed by atoms with E-state index in [0.29, 0.717) is 11.3 Å². The van der Waals surface area contributed by atoms with Crippen LogP contribution in [0.15, 0.2) is 24.5 Å². The number of nitrogens with zero attached hydrogens (tertiary/aromatic N) is 3. The number of carbonyl (C=O) groups excluding carboxylic acids is 1. The normalized spacial score (nSPS) is 22.7. The highest BCUT2D eigenvalue weighted by Crippen LogP contribution is 2.23. The van der Waals surface area contributed by atoms with E-state index in [9.17, 15) is 9.18 Å². The van der Waals surface area contributed by atoms with Crippen LogP contribution < -0.4 is 0 Å². The molecule has 21 heavy (non-hydrogen) atoms. The zero-order chi connectivity index (χ0) is 15.0. The summed E-state index contributed by atoms with van der Waals surface area (Å²) in [4.78, 5) is 18.9. The fourth-order valence-electron chi connectivity index (χ4n) is 3.26. The first-order chi connectivity index (χ1) is 10.0. The van der Waals surface area contributed by atoms with Crippen molar-refractivity contribution in [3.63, 3.8) is 0 Å². The van der Waals surface area contributed by atoms with Crippen LogP contribution in [0.1, 0.15) is 38.8 Å². The predicted molar refractivity (Wildman–Crippen MR) is 78.5 cm³/mol. The average molecular weight is 289 g/mol. The molecule has 0 saturated carbocycles. The number of imidazole rings is 1. The van der Waals surface area contributed by atoms with Crippen LogP contribution in [0.2, 0.25) is 0 Å². The number of carbonyl (C=O) groups is 1. The van der Waals surface area contributed by atoms with E-state index in [1.54, 1.807) is 16.7 Å². The van der Waals surface area contributed by atoms with Gasteiger partial charge in [0.1, 0.15) is 11.5 Å². The van der Waals surface area contributed by atoms with Gasteiger partial charge in [-0.1, -0.05) is 0 Å². The summed E-state index contributed by atoms with van der Waals surface area (Å²) < 4.78 is 14.8. The molecule has 3 rings (SSSR count). The monoisotopic (exact) mass is 289 g/mol. The molecule has 2 aromatic rings. The van der Waals surface area contributed by atoms with Gasteiger partial charge in [-0.2, -0.15) is 0 Å². The van der Waals surface area contributed by atoms with Crippen LogP contribution in [-0.4, -0.2) is 32.3 Å². The summed E-state index contributed by atoms with van der Waals surface area (Å²) in [5, 5.41) is 0. The molecule has 1 fully saturated rings. The third-order valence-electron chi connectivity index (χ3n) is 4.28. The van der Waals surface area contributed by atoms with E-state index in [4.69, 9.17) is 0 Å². The Balaban J connectivity index is 1.79. The Morgan fingerprint density at radius 3 is 2.71 bits per heavy atom. The Morgan fingerprint density at radius 1 is 1.29 bits per heavy atom. The van der Waals surface area contributed by atoms with Crippen molar-refractivity contribution in [2.24, 2.45) is 0 Å². The Kier molecular flexibility index (Phi) is 3.66. The molecule has 0 radical (unpaired) electrons. The number of pyridine rings is 1. The molecule has 0 bridgehead atoms. The summed E-state index contributed by atoms with van der Waals surface area (Å²) in [7, 11) is 0. The number of amides is 1. The van der Waals surface area contributed by atoms with Gasteiger partial charge in [0, 0.05) is 24.5 Å². The minimum Gasteiger partial charge on any atom is -0.337 e. The Hall–Kier alpha value is -1.91. The third kappa shape index (κ3) is 2.77. The fraction of sp³-hybridized carbons (Fsp3) is 0.500. The largest absolute Gasteiger partial charge is 0.337 e. The molecule has 3 heterocycles. The number of fused-ring (bicyclic) bond motifs is 1. The standard InChI is InChI=1S/C16H20FN3O/c1-11-4-3-5-12(2)20(11)16(21)8-14-10-19-9-13(17)6-7-15(19)18-14/h6-7,9-12H,3-5,8H2,1-2H3. The third-order valence-corrected chi connectivity index (χ3v) is 4.28. The molecular formula is C16H20FN3O. The molecule has 2 unspecified atom stereocenters. The number of aromatic nitrogens is 2. The van der Waals surface area contributed by atoms with Gasteiger partial charge in [0.2, 0.25) is 5.91 Å². The average Bonchev–Trinajstić information content (AvgIpc) is 2.79. The quantitative estimate of drug-likeness (QED) is 0.852. The van der Waals surface area contributed by atoms with Gasteiger partial charge in [-0.15, -0.1) is 0 Å². The smallest absolute Gasteiger partial charge is 0.229 e. The van der Waals surface area contributed by atoms with Gasteiger partial charge in [-0.3, -0.25) is 4.79 Å². The van der Waals surface area contributed by atoms with Gasteiger partial charge in [-0.05, 0) is 45.2 Å².